The molecule has 5 rings (SSSR count). The predicted molar refractivity (Wildman–Crippen MR) is 149 cm³/mol. The van der Waals surface area contributed by atoms with Crippen LogP contribution in [0.15, 0.2) is 67.0 Å². The molecule has 12 heteroatoms. The number of nitrogens with zero attached hydrogens (tertiary/aromatic N) is 5. The van der Waals surface area contributed by atoms with Crippen LogP contribution in [0.25, 0.3) is 23.0 Å². The average Bonchev–Trinajstić information content (AvgIpc) is 3.57. The van der Waals surface area contributed by atoms with Crippen LogP contribution in [0.3, 0.4) is 0 Å². The summed E-state index contributed by atoms with van der Waals surface area (Å²) in [4.78, 5) is 33.5. The summed E-state index contributed by atoms with van der Waals surface area (Å²) in [6, 6.07) is 12.0. The number of halogens is 2. The van der Waals surface area contributed by atoms with Gasteiger partial charge in [-0.25, -0.2) is 4.98 Å². The Morgan fingerprint density at radius 3 is 2.87 bits per heavy atom. The molecule has 0 radical (unpaired) electrons. The molecule has 4 aromatic rings. The van der Waals surface area contributed by atoms with Crippen LogP contribution in [0, 0.1) is 5.92 Å². The minimum absolute atomic E-state index is 0.00317. The highest BCUT2D eigenvalue weighted by Crippen LogP contribution is 2.34. The van der Waals surface area contributed by atoms with Crippen molar-refractivity contribution < 1.29 is 9.59 Å². The van der Waals surface area contributed by atoms with Crippen LogP contribution < -0.4 is 10.6 Å². The van der Waals surface area contributed by atoms with Crippen LogP contribution in [0.5, 0.6) is 0 Å². The van der Waals surface area contributed by atoms with Crippen LogP contribution in [-0.4, -0.2) is 42.0 Å². The monoisotopic (exact) mass is 562 g/mol. The Bertz CT molecular complexity index is 1560. The van der Waals surface area contributed by atoms with Gasteiger partial charge >= 0.3 is 0 Å². The van der Waals surface area contributed by atoms with Gasteiger partial charge in [-0.2, -0.15) is 4.68 Å². The minimum Gasteiger partial charge on any atom is -0.342 e. The van der Waals surface area contributed by atoms with Crippen molar-refractivity contribution in [3.8, 4) is 16.9 Å². The highest BCUT2D eigenvalue weighted by Gasteiger charge is 2.22. The number of imidazole rings is 1. The summed E-state index contributed by atoms with van der Waals surface area (Å²) >= 11 is 12.7. The Labute approximate surface area is 234 Å². The van der Waals surface area contributed by atoms with Crippen molar-refractivity contribution in [2.75, 3.05) is 5.32 Å². The second kappa shape index (κ2) is 11.6. The molecule has 0 aliphatic carbocycles. The lowest BCUT2D eigenvalue weighted by molar-refractivity contribution is -0.117. The third-order valence-corrected chi connectivity index (χ3v) is 6.63. The molecule has 39 heavy (non-hydrogen) atoms. The van der Waals surface area contributed by atoms with Crippen molar-refractivity contribution in [2.24, 2.45) is 5.92 Å². The smallest absolute Gasteiger partial charge is 0.244 e. The second-order valence-corrected chi connectivity index (χ2v) is 9.89. The van der Waals surface area contributed by atoms with Gasteiger partial charge in [-0.3, -0.25) is 9.59 Å². The zero-order valence-corrected chi connectivity index (χ0v) is 22.3. The highest BCUT2D eigenvalue weighted by atomic mass is 35.5. The molecular formula is C27H24Cl2N8O2. The van der Waals surface area contributed by atoms with Crippen LogP contribution in [-0.2, 0) is 9.59 Å². The first-order valence-corrected chi connectivity index (χ1v) is 13.0. The van der Waals surface area contributed by atoms with Crippen LogP contribution in [0.4, 0.5) is 5.69 Å². The Hall–Kier alpha value is -4.28. The van der Waals surface area contributed by atoms with Gasteiger partial charge in [-0.1, -0.05) is 60.5 Å². The molecule has 2 aromatic carbocycles. The second-order valence-electron chi connectivity index (χ2n) is 9.08. The number of aromatic nitrogens is 6. The van der Waals surface area contributed by atoms with E-state index in [1.54, 1.807) is 24.3 Å². The lowest BCUT2D eigenvalue weighted by atomic mass is 10.0. The average molecular weight is 563 g/mol. The Morgan fingerprint density at radius 2 is 2.05 bits per heavy atom. The summed E-state index contributed by atoms with van der Waals surface area (Å²) in [7, 11) is 0. The number of carbonyl (C=O) groups is 2. The first-order valence-electron chi connectivity index (χ1n) is 12.2. The molecule has 2 bridgehead atoms. The number of para-hydroxylation sites is 1. The number of aromatic amines is 1. The quantitative estimate of drug-likeness (QED) is 0.233. The van der Waals surface area contributed by atoms with Gasteiger partial charge in [-0.15, -0.1) is 5.10 Å². The molecular weight excluding hydrogens is 539 g/mol. The zero-order valence-electron chi connectivity index (χ0n) is 20.8. The molecule has 1 unspecified atom stereocenters. The van der Waals surface area contributed by atoms with Gasteiger partial charge in [0.15, 0.2) is 0 Å². The molecule has 3 heterocycles. The van der Waals surface area contributed by atoms with Crippen molar-refractivity contribution in [3.05, 3.63) is 88.6 Å². The molecule has 0 fully saturated rings. The molecule has 0 saturated carbocycles. The topological polar surface area (TPSA) is 130 Å². The SMILES string of the molecule is C[C@@H]1C=CCC(NC(=O)C=Cc2cc(Cl)ccc2-n2cnnn2)c2nc(c(Cl)[nH]2)-c2ccccc2NC(=O)C1. The summed E-state index contributed by atoms with van der Waals surface area (Å²) in [6.07, 6.45) is 9.14. The van der Waals surface area contributed by atoms with Crippen LogP contribution in [0.1, 0.15) is 37.2 Å². The fourth-order valence-electron chi connectivity index (χ4n) is 4.28. The molecule has 2 aromatic heterocycles. The van der Waals surface area contributed by atoms with Crippen LogP contribution in [0.2, 0.25) is 10.2 Å². The van der Waals surface area contributed by atoms with E-state index in [0.29, 0.717) is 57.0 Å². The molecule has 1 aliphatic rings. The summed E-state index contributed by atoms with van der Waals surface area (Å²) in [5.74, 6) is 0.0330. The number of hydrogen-bond acceptors (Lipinski definition) is 6. The van der Waals surface area contributed by atoms with Crippen molar-refractivity contribution in [1.82, 2.24) is 35.5 Å². The normalized spacial score (nSPS) is 17.6. The van der Waals surface area contributed by atoms with E-state index in [9.17, 15) is 9.59 Å². The Kier molecular flexibility index (Phi) is 7.85. The van der Waals surface area contributed by atoms with E-state index >= 15 is 0 Å². The Balaban J connectivity index is 1.44. The number of carbonyl (C=O) groups excluding carboxylic acids is 2. The minimum atomic E-state index is -0.508. The number of tetrazole rings is 1. The number of benzene rings is 2. The van der Waals surface area contributed by atoms with Gasteiger partial charge in [0.2, 0.25) is 11.8 Å². The number of H-pyrrole nitrogens is 1. The maximum absolute atomic E-state index is 13.1. The van der Waals surface area contributed by atoms with E-state index in [-0.39, 0.29) is 17.7 Å². The molecule has 2 atom stereocenters. The number of anilines is 1. The third-order valence-electron chi connectivity index (χ3n) is 6.12. The molecule has 3 N–H and O–H groups in total. The summed E-state index contributed by atoms with van der Waals surface area (Å²) in [5, 5.41) is 18.0. The van der Waals surface area contributed by atoms with E-state index in [2.05, 4.69) is 31.1 Å². The van der Waals surface area contributed by atoms with E-state index in [0.717, 1.165) is 0 Å². The van der Waals surface area contributed by atoms with E-state index in [4.69, 9.17) is 28.2 Å². The van der Waals surface area contributed by atoms with Gasteiger partial charge < -0.3 is 15.6 Å². The summed E-state index contributed by atoms with van der Waals surface area (Å²) in [6.45, 7) is 1.96. The van der Waals surface area contributed by atoms with Crippen molar-refractivity contribution in [2.45, 2.75) is 25.8 Å². The first kappa shape index (κ1) is 26.3. The largest absolute Gasteiger partial charge is 0.342 e. The van der Waals surface area contributed by atoms with E-state index < -0.39 is 6.04 Å². The van der Waals surface area contributed by atoms with Gasteiger partial charge in [0.1, 0.15) is 23.0 Å². The molecule has 10 nitrogen and oxygen atoms in total. The van der Waals surface area contributed by atoms with Crippen molar-refractivity contribution in [3.63, 3.8) is 0 Å². The van der Waals surface area contributed by atoms with Crippen molar-refractivity contribution >= 4 is 46.8 Å². The lowest BCUT2D eigenvalue weighted by Crippen LogP contribution is -2.27. The Morgan fingerprint density at radius 1 is 1.21 bits per heavy atom. The lowest BCUT2D eigenvalue weighted by Gasteiger charge is -2.14. The molecule has 198 valence electrons. The number of allylic oxidation sites excluding steroid dienone is 1. The maximum atomic E-state index is 13.1. The van der Waals surface area contributed by atoms with Crippen LogP contribution >= 0.6 is 23.2 Å². The van der Waals surface area contributed by atoms with E-state index in [1.165, 1.54) is 17.1 Å². The standard InChI is InChI=1S/C27H24Cl2N8O2/c1-16-5-4-8-21(27-33-25(26(29)34-27)19-6-2-3-7-20(19)31-24(39)13-16)32-23(38)12-9-17-14-18(28)10-11-22(17)37-15-30-35-36-37/h2-7,9-12,14-16,21H,8,13H2,1H3,(H,31,39)(H,32,38)(H,33,34)/t16-,21?/m1/s1. The van der Waals surface area contributed by atoms with Gasteiger partial charge in [-0.05, 0) is 53.1 Å². The fourth-order valence-corrected chi connectivity index (χ4v) is 4.70. The number of nitrogens with one attached hydrogen (secondary N) is 3. The van der Waals surface area contributed by atoms with E-state index in [1.807, 2.05) is 43.3 Å². The molecule has 0 saturated heterocycles. The first-order chi connectivity index (χ1) is 18.9. The predicted octanol–water partition coefficient (Wildman–Crippen LogP) is 5.15. The maximum Gasteiger partial charge on any atom is 0.244 e. The summed E-state index contributed by atoms with van der Waals surface area (Å²) < 4.78 is 1.49. The fraction of sp³-hybridized carbons (Fsp3) is 0.185. The molecule has 0 spiro atoms. The molecule has 1 aliphatic heterocycles. The van der Waals surface area contributed by atoms with Gasteiger partial charge in [0, 0.05) is 28.6 Å². The van der Waals surface area contributed by atoms with Crippen molar-refractivity contribution in [1.29, 1.82) is 0 Å². The molecule has 2 amide bonds. The number of fused-ring (bicyclic) bond motifs is 4. The third kappa shape index (κ3) is 6.24. The number of hydrogen-bond donors (Lipinski definition) is 3. The number of rotatable bonds is 4. The summed E-state index contributed by atoms with van der Waals surface area (Å²) in [5.41, 5.74) is 3.10. The van der Waals surface area contributed by atoms with Gasteiger partial charge in [0.25, 0.3) is 0 Å². The zero-order chi connectivity index (χ0) is 27.4. The highest BCUT2D eigenvalue weighted by molar-refractivity contribution is 6.32. The van der Waals surface area contributed by atoms with Gasteiger partial charge in [0.05, 0.1) is 17.4 Å². The number of amides is 2.